The Labute approximate surface area is 150 Å². The molecule has 0 spiro atoms. The summed E-state index contributed by atoms with van der Waals surface area (Å²) in [5.41, 5.74) is 0. The van der Waals surface area contributed by atoms with E-state index in [0.29, 0.717) is 24.1 Å². The molecule has 0 saturated carbocycles. The number of benzene rings is 1. The zero-order valence-corrected chi connectivity index (χ0v) is 15.7. The number of sulfonamides is 1. The third kappa shape index (κ3) is 3.46. The molecule has 0 aliphatic carbocycles. The van der Waals surface area contributed by atoms with Crippen LogP contribution in [0.1, 0.15) is 11.9 Å². The number of hydrogen-bond acceptors (Lipinski definition) is 4. The Morgan fingerprint density at radius 3 is 2.74 bits per heavy atom. The van der Waals surface area contributed by atoms with E-state index in [2.05, 4.69) is 26.2 Å². The fraction of sp³-hybridized carbons (Fsp3) is 0.357. The van der Waals surface area contributed by atoms with Crippen molar-refractivity contribution >= 4 is 38.4 Å². The minimum absolute atomic E-state index is 0. The molecule has 0 bridgehead atoms. The normalized spacial score (nSPS) is 19.3. The van der Waals surface area contributed by atoms with Gasteiger partial charge in [-0.3, -0.25) is 0 Å². The van der Waals surface area contributed by atoms with Crippen LogP contribution in [0.25, 0.3) is 0 Å². The molecule has 0 radical (unpaired) electrons. The summed E-state index contributed by atoms with van der Waals surface area (Å²) >= 11 is 3.34. The molecule has 1 N–H and O–H groups in total. The number of imidazole rings is 1. The Balaban J connectivity index is 0.00000192. The summed E-state index contributed by atoms with van der Waals surface area (Å²) in [6.45, 7) is 1.60. The first-order valence-electron chi connectivity index (χ1n) is 6.96. The van der Waals surface area contributed by atoms with Crippen LogP contribution < -0.4 is 5.32 Å². The van der Waals surface area contributed by atoms with E-state index in [1.165, 1.54) is 4.31 Å². The first-order valence-corrected chi connectivity index (χ1v) is 9.19. The van der Waals surface area contributed by atoms with Crippen LogP contribution in [0.3, 0.4) is 0 Å². The number of rotatable bonds is 3. The van der Waals surface area contributed by atoms with E-state index < -0.39 is 10.0 Å². The standard InChI is InChI=1S/C14H17BrN4O2S.ClH/c1-18-8-7-17-14(18)12-10-16-6-9-19(12)22(20,21)13-5-3-2-4-11(13)15;/h2-5,7-8,12,16H,6,9-10H2,1H3;1H. The van der Waals surface area contributed by atoms with E-state index in [-0.39, 0.29) is 23.3 Å². The molecule has 126 valence electrons. The average Bonchev–Trinajstić information content (AvgIpc) is 2.93. The lowest BCUT2D eigenvalue weighted by Gasteiger charge is -2.34. The van der Waals surface area contributed by atoms with Crippen LogP contribution in [0.5, 0.6) is 0 Å². The van der Waals surface area contributed by atoms with Gasteiger partial charge in [-0.1, -0.05) is 12.1 Å². The van der Waals surface area contributed by atoms with E-state index in [9.17, 15) is 8.42 Å². The van der Waals surface area contributed by atoms with Crippen molar-refractivity contribution in [2.75, 3.05) is 19.6 Å². The molecule has 1 aromatic heterocycles. The van der Waals surface area contributed by atoms with Gasteiger partial charge in [-0.25, -0.2) is 13.4 Å². The highest BCUT2D eigenvalue weighted by Gasteiger charge is 2.37. The number of hydrogen-bond donors (Lipinski definition) is 1. The third-order valence-corrected chi connectivity index (χ3v) is 6.69. The summed E-state index contributed by atoms with van der Waals surface area (Å²) in [6, 6.07) is 6.58. The zero-order chi connectivity index (χ0) is 15.7. The second-order valence-electron chi connectivity index (χ2n) is 5.16. The summed E-state index contributed by atoms with van der Waals surface area (Å²) < 4.78 is 30.1. The highest BCUT2D eigenvalue weighted by molar-refractivity contribution is 9.10. The number of aromatic nitrogens is 2. The molecule has 1 unspecified atom stereocenters. The van der Waals surface area contributed by atoms with Gasteiger partial charge in [0.1, 0.15) is 5.82 Å². The van der Waals surface area contributed by atoms with Gasteiger partial charge in [-0.05, 0) is 28.1 Å². The Bertz CT molecular complexity index is 781. The number of piperazine rings is 1. The van der Waals surface area contributed by atoms with E-state index in [0.717, 1.165) is 5.82 Å². The lowest BCUT2D eigenvalue weighted by molar-refractivity contribution is 0.258. The van der Waals surface area contributed by atoms with Crippen molar-refractivity contribution in [3.63, 3.8) is 0 Å². The van der Waals surface area contributed by atoms with Gasteiger partial charge in [-0.2, -0.15) is 4.31 Å². The second kappa shape index (κ2) is 7.31. The van der Waals surface area contributed by atoms with Gasteiger partial charge in [0.25, 0.3) is 0 Å². The minimum Gasteiger partial charge on any atom is -0.337 e. The number of halogens is 2. The lowest BCUT2D eigenvalue weighted by Crippen LogP contribution is -2.49. The van der Waals surface area contributed by atoms with E-state index in [4.69, 9.17) is 0 Å². The largest absolute Gasteiger partial charge is 0.337 e. The van der Waals surface area contributed by atoms with Gasteiger partial charge in [0.15, 0.2) is 0 Å². The molecule has 1 fully saturated rings. The summed E-state index contributed by atoms with van der Waals surface area (Å²) in [6.07, 6.45) is 3.51. The molecule has 1 atom stereocenters. The summed E-state index contributed by atoms with van der Waals surface area (Å²) in [4.78, 5) is 4.61. The monoisotopic (exact) mass is 420 g/mol. The maximum Gasteiger partial charge on any atom is 0.244 e. The molecular weight excluding hydrogens is 404 g/mol. The second-order valence-corrected chi connectivity index (χ2v) is 7.88. The number of nitrogens with one attached hydrogen (secondary N) is 1. The van der Waals surface area contributed by atoms with Gasteiger partial charge in [0.2, 0.25) is 10.0 Å². The van der Waals surface area contributed by atoms with Crippen molar-refractivity contribution in [2.45, 2.75) is 10.9 Å². The first-order chi connectivity index (χ1) is 10.5. The quantitative estimate of drug-likeness (QED) is 0.822. The van der Waals surface area contributed by atoms with E-state index in [1.807, 2.05) is 17.8 Å². The molecule has 23 heavy (non-hydrogen) atoms. The highest BCUT2D eigenvalue weighted by Crippen LogP contribution is 2.31. The topological polar surface area (TPSA) is 67.2 Å². The minimum atomic E-state index is -3.59. The van der Waals surface area contributed by atoms with Crippen LogP contribution in [0.2, 0.25) is 0 Å². The zero-order valence-electron chi connectivity index (χ0n) is 12.5. The third-order valence-electron chi connectivity index (χ3n) is 3.77. The molecule has 6 nitrogen and oxygen atoms in total. The van der Waals surface area contributed by atoms with Crippen molar-refractivity contribution in [3.05, 3.63) is 47.0 Å². The van der Waals surface area contributed by atoms with Crippen LogP contribution in [-0.2, 0) is 17.1 Å². The molecule has 1 aliphatic rings. The van der Waals surface area contributed by atoms with Gasteiger partial charge < -0.3 is 9.88 Å². The van der Waals surface area contributed by atoms with Crippen molar-refractivity contribution in [2.24, 2.45) is 7.05 Å². The summed E-state index contributed by atoms with van der Waals surface area (Å²) in [7, 11) is -1.72. The molecule has 9 heteroatoms. The predicted molar refractivity (Wildman–Crippen MR) is 94.1 cm³/mol. The Morgan fingerprint density at radius 2 is 2.09 bits per heavy atom. The van der Waals surface area contributed by atoms with Crippen molar-refractivity contribution in [1.29, 1.82) is 0 Å². The van der Waals surface area contributed by atoms with Crippen LogP contribution in [-0.4, -0.2) is 41.9 Å². The smallest absolute Gasteiger partial charge is 0.244 e. The number of nitrogens with zero attached hydrogens (tertiary/aromatic N) is 3. The summed E-state index contributed by atoms with van der Waals surface area (Å²) in [5, 5.41) is 3.25. The molecule has 1 saturated heterocycles. The van der Waals surface area contributed by atoms with Gasteiger partial charge in [0.05, 0.1) is 10.9 Å². The Morgan fingerprint density at radius 1 is 1.35 bits per heavy atom. The average molecular weight is 422 g/mol. The molecule has 1 aliphatic heterocycles. The van der Waals surface area contributed by atoms with Gasteiger partial charge in [0, 0.05) is 43.5 Å². The molecule has 0 amide bonds. The van der Waals surface area contributed by atoms with E-state index >= 15 is 0 Å². The van der Waals surface area contributed by atoms with Crippen LogP contribution in [0.15, 0.2) is 46.0 Å². The van der Waals surface area contributed by atoms with Crippen molar-refractivity contribution < 1.29 is 8.42 Å². The summed E-state index contributed by atoms with van der Waals surface area (Å²) in [5.74, 6) is 0.739. The van der Waals surface area contributed by atoms with Gasteiger partial charge in [-0.15, -0.1) is 12.4 Å². The molecule has 2 aromatic rings. The maximum atomic E-state index is 13.1. The fourth-order valence-corrected chi connectivity index (χ4v) is 5.22. The molecule has 1 aromatic carbocycles. The highest BCUT2D eigenvalue weighted by atomic mass is 79.9. The fourth-order valence-electron chi connectivity index (χ4n) is 2.67. The maximum absolute atomic E-state index is 13.1. The van der Waals surface area contributed by atoms with Crippen LogP contribution in [0, 0.1) is 0 Å². The first kappa shape index (κ1) is 18.4. The molecular formula is C14H18BrClN4O2S. The van der Waals surface area contributed by atoms with E-state index in [1.54, 1.807) is 30.5 Å². The molecule has 3 rings (SSSR count). The Kier molecular flexibility index (Phi) is 5.85. The predicted octanol–water partition coefficient (Wildman–Crippen LogP) is 1.94. The Hall–Kier alpha value is -0.930. The van der Waals surface area contributed by atoms with Gasteiger partial charge >= 0.3 is 0 Å². The SMILES string of the molecule is Cl.Cn1ccnc1C1CNCCN1S(=O)(=O)c1ccccc1Br. The number of aryl methyl sites for hydroxylation is 1. The lowest BCUT2D eigenvalue weighted by atomic mass is 10.2. The van der Waals surface area contributed by atoms with Crippen LogP contribution in [0.4, 0.5) is 0 Å². The van der Waals surface area contributed by atoms with Crippen molar-refractivity contribution in [1.82, 2.24) is 19.2 Å². The molecule has 2 heterocycles. The van der Waals surface area contributed by atoms with Crippen molar-refractivity contribution in [3.8, 4) is 0 Å². The van der Waals surface area contributed by atoms with Crippen LogP contribution >= 0.6 is 28.3 Å².